The number of allylic oxidation sites excluding steroid dienone is 2. The molecule has 1 aliphatic carbocycles. The molecule has 0 aromatic carbocycles. The third-order valence-electron chi connectivity index (χ3n) is 3.69. The van der Waals surface area contributed by atoms with Crippen LogP contribution in [0.25, 0.3) is 11.5 Å². The fraction of sp³-hybridized carbons (Fsp3) is 0.400. The van der Waals surface area contributed by atoms with Crippen molar-refractivity contribution in [2.75, 3.05) is 0 Å². The lowest BCUT2D eigenvalue weighted by Gasteiger charge is -2.16. The van der Waals surface area contributed by atoms with Gasteiger partial charge in [-0.2, -0.15) is 4.98 Å². The molecule has 0 aliphatic heterocycles. The van der Waals surface area contributed by atoms with Crippen LogP contribution in [0, 0.1) is 5.92 Å². The van der Waals surface area contributed by atoms with Crippen LogP contribution in [0.1, 0.15) is 25.2 Å². The second-order valence-corrected chi connectivity index (χ2v) is 5.22. The Morgan fingerprint density at radius 1 is 1.52 bits per heavy atom. The molecule has 6 heteroatoms. The number of nitrogens with one attached hydrogen (secondary N) is 1. The van der Waals surface area contributed by atoms with Gasteiger partial charge in [-0.15, -0.1) is 0 Å². The predicted octanol–water partition coefficient (Wildman–Crippen LogP) is 2.05. The number of hydrogen-bond acceptors (Lipinski definition) is 4. The first-order valence-electron chi connectivity index (χ1n) is 7.11. The molecule has 6 nitrogen and oxygen atoms in total. The highest BCUT2D eigenvalue weighted by atomic mass is 16.5. The number of hydrogen-bond donors (Lipinski definition) is 1. The Hall–Kier alpha value is -2.37. The summed E-state index contributed by atoms with van der Waals surface area (Å²) in [6.45, 7) is 0.274. The van der Waals surface area contributed by atoms with Gasteiger partial charge in [-0.3, -0.25) is 4.79 Å². The van der Waals surface area contributed by atoms with Crippen LogP contribution in [0.3, 0.4) is 0 Å². The van der Waals surface area contributed by atoms with E-state index in [1.54, 1.807) is 0 Å². The standard InChI is InChI=1S/C15H18N4O2/c1-19-9-5-8-12(19)14-17-13(21-18-14)10-16-15(20)11-6-3-2-4-7-11/h2-3,5,8-9,11H,4,6-7,10H2,1H3,(H,16,20)/t11-/m1/s1. The zero-order valence-electron chi connectivity index (χ0n) is 12.0. The molecule has 1 atom stereocenters. The molecule has 0 saturated carbocycles. The van der Waals surface area contributed by atoms with Gasteiger partial charge in [0.25, 0.3) is 0 Å². The molecule has 0 spiro atoms. The van der Waals surface area contributed by atoms with Crippen molar-refractivity contribution in [2.45, 2.75) is 25.8 Å². The third kappa shape index (κ3) is 3.04. The Kier molecular flexibility index (Phi) is 3.85. The number of aromatic nitrogens is 3. The summed E-state index contributed by atoms with van der Waals surface area (Å²) in [6, 6.07) is 3.84. The predicted molar refractivity (Wildman–Crippen MR) is 77.0 cm³/mol. The average Bonchev–Trinajstić information content (AvgIpc) is 3.14. The minimum absolute atomic E-state index is 0.0537. The Bertz CT molecular complexity index is 656. The molecule has 0 saturated heterocycles. The van der Waals surface area contributed by atoms with Crippen molar-refractivity contribution in [3.05, 3.63) is 36.4 Å². The molecule has 21 heavy (non-hydrogen) atoms. The number of rotatable bonds is 4. The molecule has 0 fully saturated rings. The van der Waals surface area contributed by atoms with Crippen LogP contribution in [0.5, 0.6) is 0 Å². The molecule has 0 unspecified atom stereocenters. The van der Waals surface area contributed by atoms with Crippen molar-refractivity contribution in [1.29, 1.82) is 0 Å². The van der Waals surface area contributed by atoms with Gasteiger partial charge in [-0.25, -0.2) is 0 Å². The Morgan fingerprint density at radius 3 is 3.14 bits per heavy atom. The summed E-state index contributed by atoms with van der Waals surface area (Å²) in [4.78, 5) is 16.3. The van der Waals surface area contributed by atoms with Crippen LogP contribution in [0.4, 0.5) is 0 Å². The van der Waals surface area contributed by atoms with E-state index >= 15 is 0 Å². The number of carbonyl (C=O) groups excluding carboxylic acids is 1. The van der Waals surface area contributed by atoms with Crippen LogP contribution in [-0.4, -0.2) is 20.6 Å². The van der Waals surface area contributed by atoms with Crippen molar-refractivity contribution < 1.29 is 9.32 Å². The summed E-state index contributed by atoms with van der Waals surface area (Å²) < 4.78 is 7.10. The molecule has 2 aromatic heterocycles. The number of carbonyl (C=O) groups is 1. The Balaban J connectivity index is 1.59. The Morgan fingerprint density at radius 2 is 2.43 bits per heavy atom. The maximum atomic E-state index is 12.0. The van der Waals surface area contributed by atoms with E-state index < -0.39 is 0 Å². The van der Waals surface area contributed by atoms with Gasteiger partial charge in [0.1, 0.15) is 0 Å². The molecule has 0 radical (unpaired) electrons. The van der Waals surface area contributed by atoms with E-state index in [1.165, 1.54) is 0 Å². The van der Waals surface area contributed by atoms with E-state index in [0.29, 0.717) is 11.7 Å². The topological polar surface area (TPSA) is 73.0 Å². The van der Waals surface area contributed by atoms with E-state index in [2.05, 4.69) is 27.6 Å². The second kappa shape index (κ2) is 5.95. The normalized spacial score (nSPS) is 17.9. The summed E-state index contributed by atoms with van der Waals surface area (Å²) in [6.07, 6.45) is 8.78. The minimum atomic E-state index is 0.0537. The van der Waals surface area contributed by atoms with Crippen molar-refractivity contribution in [3.63, 3.8) is 0 Å². The zero-order chi connectivity index (χ0) is 14.7. The van der Waals surface area contributed by atoms with Crippen LogP contribution in [0.2, 0.25) is 0 Å². The quantitative estimate of drug-likeness (QED) is 0.873. The fourth-order valence-corrected chi connectivity index (χ4v) is 2.46. The van der Waals surface area contributed by atoms with Gasteiger partial charge in [0.2, 0.25) is 17.6 Å². The summed E-state index contributed by atoms with van der Waals surface area (Å²) >= 11 is 0. The van der Waals surface area contributed by atoms with Gasteiger partial charge >= 0.3 is 0 Å². The monoisotopic (exact) mass is 286 g/mol. The van der Waals surface area contributed by atoms with Crippen LogP contribution >= 0.6 is 0 Å². The lowest BCUT2D eigenvalue weighted by atomic mass is 9.94. The second-order valence-electron chi connectivity index (χ2n) is 5.22. The first-order chi connectivity index (χ1) is 10.2. The number of aryl methyl sites for hydroxylation is 1. The maximum absolute atomic E-state index is 12.0. The first-order valence-corrected chi connectivity index (χ1v) is 7.11. The number of amides is 1. The van der Waals surface area contributed by atoms with Crippen molar-refractivity contribution in [2.24, 2.45) is 13.0 Å². The molecule has 1 aliphatic rings. The third-order valence-corrected chi connectivity index (χ3v) is 3.69. The highest BCUT2D eigenvalue weighted by Gasteiger charge is 2.19. The lowest BCUT2D eigenvalue weighted by molar-refractivity contribution is -0.125. The van der Waals surface area contributed by atoms with E-state index in [-0.39, 0.29) is 18.4 Å². The van der Waals surface area contributed by atoms with E-state index in [9.17, 15) is 4.79 Å². The molecule has 2 aromatic rings. The minimum Gasteiger partial charge on any atom is -0.348 e. The maximum Gasteiger partial charge on any atom is 0.246 e. The lowest BCUT2D eigenvalue weighted by Crippen LogP contribution is -2.30. The van der Waals surface area contributed by atoms with Crippen molar-refractivity contribution >= 4 is 5.91 Å². The average molecular weight is 286 g/mol. The Labute approximate surface area is 122 Å². The fourth-order valence-electron chi connectivity index (χ4n) is 2.46. The first kappa shape index (κ1) is 13.6. The van der Waals surface area contributed by atoms with E-state index in [1.807, 2.05) is 29.9 Å². The highest BCUT2D eigenvalue weighted by Crippen LogP contribution is 2.18. The molecular formula is C15H18N4O2. The largest absolute Gasteiger partial charge is 0.348 e. The van der Waals surface area contributed by atoms with Gasteiger partial charge in [0.05, 0.1) is 12.2 Å². The van der Waals surface area contributed by atoms with E-state index in [0.717, 1.165) is 25.0 Å². The smallest absolute Gasteiger partial charge is 0.246 e. The van der Waals surface area contributed by atoms with Gasteiger partial charge < -0.3 is 14.4 Å². The summed E-state index contributed by atoms with van der Waals surface area (Å²) in [7, 11) is 1.92. The van der Waals surface area contributed by atoms with Gasteiger partial charge in [0, 0.05) is 19.2 Å². The molecule has 1 N–H and O–H groups in total. The summed E-state index contributed by atoms with van der Waals surface area (Å²) in [5, 5.41) is 6.81. The molecular weight excluding hydrogens is 268 g/mol. The zero-order valence-corrected chi connectivity index (χ0v) is 12.0. The summed E-state index contributed by atoms with van der Waals surface area (Å²) in [5.41, 5.74) is 0.883. The summed E-state index contributed by atoms with van der Waals surface area (Å²) in [5.74, 6) is 1.07. The highest BCUT2D eigenvalue weighted by molar-refractivity contribution is 5.78. The van der Waals surface area contributed by atoms with Gasteiger partial charge in [0.15, 0.2) is 0 Å². The van der Waals surface area contributed by atoms with Crippen LogP contribution in [0.15, 0.2) is 35.0 Å². The molecule has 3 rings (SSSR count). The molecule has 2 heterocycles. The van der Waals surface area contributed by atoms with Crippen LogP contribution in [-0.2, 0) is 18.4 Å². The SMILES string of the molecule is Cn1cccc1-c1noc(CNC(=O)[C@@H]2CC=CCC2)n1. The van der Waals surface area contributed by atoms with Gasteiger partial charge in [-0.05, 0) is 31.4 Å². The molecule has 110 valence electrons. The van der Waals surface area contributed by atoms with Crippen LogP contribution < -0.4 is 5.32 Å². The van der Waals surface area contributed by atoms with Gasteiger partial charge in [-0.1, -0.05) is 17.3 Å². The molecule has 1 amide bonds. The van der Waals surface area contributed by atoms with E-state index in [4.69, 9.17) is 4.52 Å². The van der Waals surface area contributed by atoms with Crippen molar-refractivity contribution in [1.82, 2.24) is 20.0 Å². The van der Waals surface area contributed by atoms with Crippen molar-refractivity contribution in [3.8, 4) is 11.5 Å². The molecule has 0 bridgehead atoms. The number of nitrogens with zero attached hydrogens (tertiary/aromatic N) is 3.